The predicted octanol–water partition coefficient (Wildman–Crippen LogP) is 12.6. The van der Waals surface area contributed by atoms with E-state index in [9.17, 15) is 0 Å². The third kappa shape index (κ3) is 3.28. The van der Waals surface area contributed by atoms with Gasteiger partial charge in [0, 0.05) is 55.0 Å². The van der Waals surface area contributed by atoms with Crippen LogP contribution < -0.4 is 0 Å². The Morgan fingerprint density at radius 3 is 2.10 bits per heavy atom. The Labute approximate surface area is 276 Å². The second-order valence-electron chi connectivity index (χ2n) is 13.7. The van der Waals surface area contributed by atoms with Crippen LogP contribution in [0.1, 0.15) is 25.0 Å². The van der Waals surface area contributed by atoms with Gasteiger partial charge in [-0.05, 0) is 70.3 Å². The fourth-order valence-electron chi connectivity index (χ4n) is 8.60. The van der Waals surface area contributed by atoms with Crippen LogP contribution in [-0.2, 0) is 5.41 Å². The van der Waals surface area contributed by atoms with Crippen molar-refractivity contribution >= 4 is 65.7 Å². The van der Waals surface area contributed by atoms with Crippen molar-refractivity contribution in [3.63, 3.8) is 0 Å². The zero-order valence-corrected chi connectivity index (χ0v) is 26.5. The van der Waals surface area contributed by atoms with E-state index in [0.717, 1.165) is 60.7 Å². The van der Waals surface area contributed by atoms with Crippen molar-refractivity contribution in [2.24, 2.45) is 0 Å². The summed E-state index contributed by atoms with van der Waals surface area (Å²) in [6, 6.07) is 50.2. The largest absolute Gasteiger partial charge is 0.456 e. The number of rotatable bonds is 2. The maximum Gasteiger partial charge on any atom is 0.137 e. The molecule has 0 radical (unpaired) electrons. The number of furan rings is 2. The summed E-state index contributed by atoms with van der Waals surface area (Å²) in [5.74, 6) is 0. The van der Waals surface area contributed by atoms with Crippen LogP contribution in [0.3, 0.4) is 0 Å². The number of hydrogen-bond donors (Lipinski definition) is 0. The average molecular weight is 616 g/mol. The molecule has 48 heavy (non-hydrogen) atoms. The van der Waals surface area contributed by atoms with E-state index in [0.29, 0.717) is 0 Å². The van der Waals surface area contributed by atoms with Gasteiger partial charge in [-0.3, -0.25) is 0 Å². The minimum absolute atomic E-state index is 0.0775. The van der Waals surface area contributed by atoms with Crippen molar-refractivity contribution in [3.8, 4) is 27.9 Å². The van der Waals surface area contributed by atoms with Crippen molar-refractivity contribution < 1.29 is 8.83 Å². The molecule has 0 spiro atoms. The predicted molar refractivity (Wildman–Crippen MR) is 198 cm³/mol. The topological polar surface area (TPSA) is 31.2 Å². The van der Waals surface area contributed by atoms with Gasteiger partial charge in [0.2, 0.25) is 0 Å². The Morgan fingerprint density at radius 1 is 0.479 bits per heavy atom. The number of para-hydroxylation sites is 2. The highest BCUT2D eigenvalue weighted by Crippen LogP contribution is 2.53. The van der Waals surface area contributed by atoms with Gasteiger partial charge in [0.25, 0.3) is 0 Å². The molecule has 0 saturated heterocycles. The van der Waals surface area contributed by atoms with E-state index in [1.807, 2.05) is 12.1 Å². The molecular weight excluding hydrogens is 587 g/mol. The van der Waals surface area contributed by atoms with Crippen LogP contribution >= 0.6 is 0 Å². The Hall–Kier alpha value is -6.06. The molecule has 3 aromatic heterocycles. The van der Waals surface area contributed by atoms with Gasteiger partial charge in [0.1, 0.15) is 22.3 Å². The summed E-state index contributed by atoms with van der Waals surface area (Å²) in [7, 11) is 0. The lowest BCUT2D eigenvalue weighted by molar-refractivity contribution is 0.660. The van der Waals surface area contributed by atoms with Crippen molar-refractivity contribution in [1.29, 1.82) is 0 Å². The molecule has 1 aliphatic carbocycles. The van der Waals surface area contributed by atoms with Crippen molar-refractivity contribution in [2.45, 2.75) is 19.3 Å². The standard InChI is InChI=1S/C45H29NO2/c1-45(2)35-14-6-3-12-33(35)43-36(45)23-22-32-29-10-4-7-15-37(29)46(44(32)43)27-19-21-34-41(25-27)48-39-17-9-13-28(42(34)39)26-18-20-31-30-11-5-8-16-38(30)47-40(31)24-26/h3-25H,1-2H3. The lowest BCUT2D eigenvalue weighted by atomic mass is 9.82. The molecule has 0 aliphatic heterocycles. The van der Waals surface area contributed by atoms with Crippen LogP contribution in [0.4, 0.5) is 0 Å². The third-order valence-corrected chi connectivity index (χ3v) is 10.8. The molecule has 10 aromatic rings. The molecule has 0 fully saturated rings. The van der Waals surface area contributed by atoms with Crippen LogP contribution in [0.25, 0.3) is 93.6 Å². The van der Waals surface area contributed by atoms with Gasteiger partial charge in [0.05, 0.1) is 11.0 Å². The Morgan fingerprint density at radius 2 is 1.17 bits per heavy atom. The van der Waals surface area contributed by atoms with E-state index in [-0.39, 0.29) is 5.41 Å². The van der Waals surface area contributed by atoms with Crippen LogP contribution in [0.2, 0.25) is 0 Å². The highest BCUT2D eigenvalue weighted by molar-refractivity contribution is 6.17. The molecular formula is C45H29NO2. The maximum atomic E-state index is 6.66. The number of benzene rings is 7. The molecule has 0 amide bonds. The van der Waals surface area contributed by atoms with Crippen molar-refractivity contribution in [2.75, 3.05) is 0 Å². The highest BCUT2D eigenvalue weighted by atomic mass is 16.3. The molecule has 3 nitrogen and oxygen atoms in total. The number of fused-ring (bicyclic) bond motifs is 13. The summed E-state index contributed by atoms with van der Waals surface area (Å²) in [6.45, 7) is 4.70. The van der Waals surface area contributed by atoms with Gasteiger partial charge in [-0.1, -0.05) is 105 Å². The Kier molecular flexibility index (Phi) is 4.91. The van der Waals surface area contributed by atoms with E-state index in [2.05, 4.69) is 146 Å². The SMILES string of the molecule is CC1(C)c2ccccc2-c2c1ccc1c3ccccc3n(-c3ccc4c(c3)oc3cccc(-c5ccc6c(c5)oc5ccccc56)c34)c21. The van der Waals surface area contributed by atoms with Crippen LogP contribution in [0.5, 0.6) is 0 Å². The van der Waals surface area contributed by atoms with Crippen LogP contribution in [0.15, 0.2) is 148 Å². The smallest absolute Gasteiger partial charge is 0.137 e. The molecule has 7 aromatic carbocycles. The van der Waals surface area contributed by atoms with Gasteiger partial charge in [-0.2, -0.15) is 0 Å². The molecule has 0 saturated carbocycles. The first-order valence-electron chi connectivity index (χ1n) is 16.6. The summed E-state index contributed by atoms with van der Waals surface area (Å²) in [5, 5.41) is 7.02. The first kappa shape index (κ1) is 26.1. The molecule has 3 heteroatoms. The molecule has 226 valence electrons. The van der Waals surface area contributed by atoms with Crippen LogP contribution in [0, 0.1) is 0 Å². The monoisotopic (exact) mass is 615 g/mol. The first-order valence-corrected chi connectivity index (χ1v) is 16.6. The highest BCUT2D eigenvalue weighted by Gasteiger charge is 2.37. The summed E-state index contributed by atoms with van der Waals surface area (Å²) < 4.78 is 15.4. The van der Waals surface area contributed by atoms with Crippen LogP contribution in [-0.4, -0.2) is 4.57 Å². The molecule has 1 aliphatic rings. The molecule has 0 N–H and O–H groups in total. The molecule has 11 rings (SSSR count). The lowest BCUT2D eigenvalue weighted by Gasteiger charge is -2.21. The quantitative estimate of drug-likeness (QED) is 0.194. The molecule has 0 unspecified atom stereocenters. The Bertz CT molecular complexity index is 2980. The second-order valence-corrected chi connectivity index (χ2v) is 13.7. The maximum absolute atomic E-state index is 6.66. The van der Waals surface area contributed by atoms with E-state index >= 15 is 0 Å². The van der Waals surface area contributed by atoms with Crippen molar-refractivity contribution in [1.82, 2.24) is 4.57 Å². The molecule has 0 bridgehead atoms. The zero-order chi connectivity index (χ0) is 31.7. The van der Waals surface area contributed by atoms with Gasteiger partial charge in [-0.15, -0.1) is 0 Å². The summed E-state index contributed by atoms with van der Waals surface area (Å²) in [6.07, 6.45) is 0. The summed E-state index contributed by atoms with van der Waals surface area (Å²) in [5.41, 5.74) is 14.7. The van der Waals surface area contributed by atoms with Gasteiger partial charge < -0.3 is 13.4 Å². The lowest BCUT2D eigenvalue weighted by Crippen LogP contribution is -2.14. The van der Waals surface area contributed by atoms with E-state index in [1.54, 1.807) is 0 Å². The second kappa shape index (κ2) is 9.05. The first-order chi connectivity index (χ1) is 23.6. The van der Waals surface area contributed by atoms with E-state index in [4.69, 9.17) is 8.83 Å². The number of aromatic nitrogens is 1. The van der Waals surface area contributed by atoms with Gasteiger partial charge in [0.15, 0.2) is 0 Å². The summed E-state index contributed by atoms with van der Waals surface area (Å²) >= 11 is 0. The third-order valence-electron chi connectivity index (χ3n) is 10.8. The van der Waals surface area contributed by atoms with Gasteiger partial charge in [-0.25, -0.2) is 0 Å². The zero-order valence-electron chi connectivity index (χ0n) is 26.5. The fourth-order valence-corrected chi connectivity index (χ4v) is 8.60. The average Bonchev–Trinajstić information content (AvgIpc) is 3.84. The Balaban J connectivity index is 1.16. The summed E-state index contributed by atoms with van der Waals surface area (Å²) in [4.78, 5) is 0. The number of nitrogens with zero attached hydrogens (tertiary/aromatic N) is 1. The fraction of sp³-hybridized carbons (Fsp3) is 0.0667. The van der Waals surface area contributed by atoms with E-state index in [1.165, 1.54) is 44.1 Å². The molecule has 0 atom stereocenters. The number of hydrogen-bond acceptors (Lipinski definition) is 2. The minimum atomic E-state index is -0.0775. The van der Waals surface area contributed by atoms with Gasteiger partial charge >= 0.3 is 0 Å². The molecule has 3 heterocycles. The normalized spacial score (nSPS) is 13.8. The van der Waals surface area contributed by atoms with Crippen molar-refractivity contribution in [3.05, 3.63) is 151 Å². The minimum Gasteiger partial charge on any atom is -0.456 e. The van der Waals surface area contributed by atoms with E-state index < -0.39 is 0 Å².